The largest absolute Gasteiger partial charge is 0.238 e. The predicted octanol–water partition coefficient (Wildman–Crippen LogP) is 2.83. The minimum Gasteiger partial charge on any atom is -0.238 e. The van der Waals surface area contributed by atoms with Crippen LogP contribution in [0.3, 0.4) is 0 Å². The molecule has 0 N–H and O–H groups in total. The average Bonchev–Trinajstić information content (AvgIpc) is 3.03. The van der Waals surface area contributed by atoms with Gasteiger partial charge in [-0.15, -0.1) is 5.10 Å². The first kappa shape index (κ1) is 11.0. The van der Waals surface area contributed by atoms with Gasteiger partial charge < -0.3 is 0 Å². The molecule has 0 amide bonds. The lowest BCUT2D eigenvalue weighted by Gasteiger charge is -2.07. The van der Waals surface area contributed by atoms with Gasteiger partial charge in [-0.2, -0.15) is 0 Å². The van der Waals surface area contributed by atoms with Crippen LogP contribution in [0.15, 0.2) is 48.6 Å². The van der Waals surface area contributed by atoms with Crippen LogP contribution < -0.4 is 0 Å². The van der Waals surface area contributed by atoms with Crippen molar-refractivity contribution in [2.24, 2.45) is 5.92 Å². The van der Waals surface area contributed by atoms with Gasteiger partial charge in [-0.1, -0.05) is 53.8 Å². The highest BCUT2D eigenvalue weighted by Crippen LogP contribution is 2.25. The molecule has 1 aromatic rings. The van der Waals surface area contributed by atoms with Crippen molar-refractivity contribution in [3.8, 4) is 0 Å². The van der Waals surface area contributed by atoms with Crippen LogP contribution in [0.25, 0.3) is 0 Å². The second-order valence-corrected chi connectivity index (χ2v) is 5.20. The first-order valence-electron chi connectivity index (χ1n) is 5.63. The van der Waals surface area contributed by atoms with Crippen LogP contribution in [-0.4, -0.2) is 15.0 Å². The quantitative estimate of drug-likeness (QED) is 0.794. The van der Waals surface area contributed by atoms with Gasteiger partial charge in [0.05, 0.1) is 6.54 Å². The van der Waals surface area contributed by atoms with E-state index in [1.807, 2.05) is 4.68 Å². The van der Waals surface area contributed by atoms with Crippen LogP contribution in [0.1, 0.15) is 11.6 Å². The molecule has 0 saturated heterocycles. The summed E-state index contributed by atoms with van der Waals surface area (Å²) in [6.45, 7) is 0.873. The molecule has 17 heavy (non-hydrogen) atoms. The lowest BCUT2D eigenvalue weighted by Crippen LogP contribution is -2.09. The summed E-state index contributed by atoms with van der Waals surface area (Å²) in [6.07, 6.45) is 16.9. The Bertz CT molecular complexity index is 513. The lowest BCUT2D eigenvalue weighted by molar-refractivity contribution is 0.529. The van der Waals surface area contributed by atoms with Crippen molar-refractivity contribution in [1.29, 1.82) is 0 Å². The van der Waals surface area contributed by atoms with Crippen LogP contribution in [0.4, 0.5) is 0 Å². The van der Waals surface area contributed by atoms with E-state index in [4.69, 9.17) is 0 Å². The lowest BCUT2D eigenvalue weighted by atomic mass is 10.1. The van der Waals surface area contributed by atoms with E-state index in [-0.39, 0.29) is 0 Å². The van der Waals surface area contributed by atoms with Gasteiger partial charge in [0.2, 0.25) is 0 Å². The van der Waals surface area contributed by atoms with Crippen LogP contribution in [0.5, 0.6) is 0 Å². The van der Waals surface area contributed by atoms with Crippen molar-refractivity contribution < 1.29 is 0 Å². The highest BCUT2D eigenvalue weighted by Gasteiger charge is 2.18. The van der Waals surface area contributed by atoms with E-state index < -0.39 is 0 Å². The highest BCUT2D eigenvalue weighted by molar-refractivity contribution is 14.1. The molecule has 0 radical (unpaired) electrons. The van der Waals surface area contributed by atoms with Gasteiger partial charge in [0.15, 0.2) is 0 Å². The number of hydrogen-bond acceptors (Lipinski definition) is 2. The van der Waals surface area contributed by atoms with Crippen LogP contribution in [0.2, 0.25) is 0 Å². The van der Waals surface area contributed by atoms with Gasteiger partial charge in [0.25, 0.3) is 0 Å². The minimum absolute atomic E-state index is 0.297. The SMILES string of the molecule is Ic1c(C2C=CC=C2)nnn1CC1C=CC=C1. The molecule has 3 nitrogen and oxygen atoms in total. The molecule has 0 aliphatic heterocycles. The number of hydrogen-bond donors (Lipinski definition) is 0. The highest BCUT2D eigenvalue weighted by atomic mass is 127. The number of rotatable bonds is 3. The Labute approximate surface area is 114 Å². The maximum absolute atomic E-state index is 4.29. The molecule has 0 saturated carbocycles. The Kier molecular flexibility index (Phi) is 2.96. The topological polar surface area (TPSA) is 30.7 Å². The first-order valence-corrected chi connectivity index (χ1v) is 6.71. The van der Waals surface area contributed by atoms with E-state index in [0.29, 0.717) is 11.8 Å². The van der Waals surface area contributed by atoms with Crippen LogP contribution in [0, 0.1) is 9.62 Å². The van der Waals surface area contributed by atoms with Crippen LogP contribution in [-0.2, 0) is 6.54 Å². The maximum Gasteiger partial charge on any atom is 0.123 e. The van der Waals surface area contributed by atoms with Crippen molar-refractivity contribution in [2.75, 3.05) is 0 Å². The number of halogens is 1. The molecular weight excluding hydrogens is 325 g/mol. The fourth-order valence-corrected chi connectivity index (χ4v) is 2.81. The Morgan fingerprint density at radius 2 is 1.71 bits per heavy atom. The zero-order valence-electron chi connectivity index (χ0n) is 9.20. The van der Waals surface area contributed by atoms with E-state index in [0.717, 1.165) is 15.9 Å². The van der Waals surface area contributed by atoms with Gasteiger partial charge in [-0.25, -0.2) is 4.68 Å². The molecular formula is C13H12IN3. The van der Waals surface area contributed by atoms with E-state index in [1.165, 1.54) is 0 Å². The second-order valence-electron chi connectivity index (χ2n) is 4.18. The molecule has 3 rings (SSSR count). The van der Waals surface area contributed by atoms with Gasteiger partial charge in [-0.05, 0) is 22.6 Å². The zero-order chi connectivity index (χ0) is 11.7. The van der Waals surface area contributed by atoms with Crippen molar-refractivity contribution in [2.45, 2.75) is 12.5 Å². The molecule has 0 unspecified atom stereocenters. The summed E-state index contributed by atoms with van der Waals surface area (Å²) in [6, 6.07) is 0. The standard InChI is InChI=1S/C13H12IN3/c14-13-12(11-7-3-4-8-11)15-16-17(13)9-10-5-1-2-6-10/h1-8,10-11H,9H2. The molecule has 0 bridgehead atoms. The monoisotopic (exact) mass is 337 g/mol. The van der Waals surface area contributed by atoms with Gasteiger partial charge >= 0.3 is 0 Å². The molecule has 0 aromatic carbocycles. The molecule has 86 valence electrons. The zero-order valence-corrected chi connectivity index (χ0v) is 11.4. The van der Waals surface area contributed by atoms with E-state index in [2.05, 4.69) is 81.5 Å². The normalized spacial score (nSPS) is 18.9. The molecule has 1 heterocycles. The third-order valence-corrected chi connectivity index (χ3v) is 4.08. The molecule has 2 aliphatic carbocycles. The van der Waals surface area contributed by atoms with Crippen molar-refractivity contribution in [1.82, 2.24) is 15.0 Å². The van der Waals surface area contributed by atoms with Gasteiger partial charge in [0, 0.05) is 11.8 Å². The van der Waals surface area contributed by atoms with E-state index in [1.54, 1.807) is 0 Å². The molecule has 0 spiro atoms. The van der Waals surface area contributed by atoms with Crippen LogP contribution >= 0.6 is 22.6 Å². The molecule has 1 aromatic heterocycles. The van der Waals surface area contributed by atoms with Crippen molar-refractivity contribution >= 4 is 22.6 Å². The summed E-state index contributed by atoms with van der Waals surface area (Å²) in [7, 11) is 0. The smallest absolute Gasteiger partial charge is 0.123 e. The summed E-state index contributed by atoms with van der Waals surface area (Å²) in [5.41, 5.74) is 1.06. The molecule has 0 fully saturated rings. The number of aromatic nitrogens is 3. The molecule has 2 aliphatic rings. The Morgan fingerprint density at radius 3 is 2.41 bits per heavy atom. The Hall–Kier alpha value is -1.17. The van der Waals surface area contributed by atoms with E-state index in [9.17, 15) is 0 Å². The van der Waals surface area contributed by atoms with Gasteiger partial charge in [-0.3, -0.25) is 0 Å². The second kappa shape index (κ2) is 4.60. The van der Waals surface area contributed by atoms with Crippen molar-refractivity contribution in [3.63, 3.8) is 0 Å². The number of allylic oxidation sites excluding steroid dienone is 8. The fourth-order valence-electron chi connectivity index (χ4n) is 2.05. The Balaban J connectivity index is 1.82. The summed E-state index contributed by atoms with van der Waals surface area (Å²) < 4.78 is 3.12. The molecule has 4 heteroatoms. The summed E-state index contributed by atoms with van der Waals surface area (Å²) in [5, 5.41) is 8.54. The fraction of sp³-hybridized carbons (Fsp3) is 0.231. The third kappa shape index (κ3) is 2.13. The average molecular weight is 337 g/mol. The summed E-state index contributed by atoms with van der Waals surface area (Å²) >= 11 is 2.33. The number of nitrogens with zero attached hydrogens (tertiary/aromatic N) is 3. The Morgan fingerprint density at radius 1 is 1.06 bits per heavy atom. The summed E-state index contributed by atoms with van der Waals surface area (Å²) in [4.78, 5) is 0. The predicted molar refractivity (Wildman–Crippen MR) is 75.5 cm³/mol. The third-order valence-electron chi connectivity index (χ3n) is 2.97. The van der Waals surface area contributed by atoms with Crippen molar-refractivity contribution in [3.05, 3.63) is 58.0 Å². The summed E-state index contributed by atoms with van der Waals surface area (Å²) in [5.74, 6) is 0.748. The maximum atomic E-state index is 4.29. The molecule has 0 atom stereocenters. The van der Waals surface area contributed by atoms with Gasteiger partial charge in [0.1, 0.15) is 9.39 Å². The van der Waals surface area contributed by atoms with E-state index >= 15 is 0 Å². The first-order chi connectivity index (χ1) is 8.34. The minimum atomic E-state index is 0.297.